The Morgan fingerprint density at radius 2 is 2.15 bits per heavy atom. The van der Waals surface area contributed by atoms with Crippen molar-refractivity contribution in [2.75, 3.05) is 5.43 Å². The van der Waals surface area contributed by atoms with Gasteiger partial charge in [0.25, 0.3) is 5.95 Å². The summed E-state index contributed by atoms with van der Waals surface area (Å²) in [4.78, 5) is 7.63. The molecule has 0 fully saturated rings. The molecule has 0 saturated carbocycles. The number of nitrogens with zero attached hydrogens (tertiary/aromatic N) is 4. The van der Waals surface area contributed by atoms with E-state index in [1.54, 1.807) is 0 Å². The van der Waals surface area contributed by atoms with Crippen molar-refractivity contribution < 1.29 is 0 Å². The molecule has 2 N–H and O–H groups in total. The molecule has 102 valence electrons. The third kappa shape index (κ3) is 2.32. The van der Waals surface area contributed by atoms with Crippen molar-refractivity contribution in [3.05, 3.63) is 24.3 Å². The molecule has 3 aromatic rings. The Kier molecular flexibility index (Phi) is 3.28. The van der Waals surface area contributed by atoms with E-state index < -0.39 is 0 Å². The van der Waals surface area contributed by atoms with Crippen molar-refractivity contribution in [1.82, 2.24) is 20.2 Å². The monoisotopic (exact) mass is 268 g/mol. The van der Waals surface area contributed by atoms with Gasteiger partial charge in [-0.3, -0.25) is 0 Å². The summed E-state index contributed by atoms with van der Waals surface area (Å²) in [5.41, 5.74) is 6.37. The number of aromatic nitrogens is 4. The average Bonchev–Trinajstić information content (AvgIpc) is 2.83. The first-order valence-corrected chi connectivity index (χ1v) is 6.68. The lowest BCUT2D eigenvalue weighted by molar-refractivity contribution is 0.970. The summed E-state index contributed by atoms with van der Waals surface area (Å²) in [5.74, 6) is 0.402. The van der Waals surface area contributed by atoms with Crippen LogP contribution in [0.25, 0.3) is 22.1 Å². The van der Waals surface area contributed by atoms with Crippen LogP contribution < -0.4 is 5.43 Å². The van der Waals surface area contributed by atoms with Crippen LogP contribution in [0.1, 0.15) is 26.7 Å². The highest BCUT2D eigenvalue weighted by Crippen LogP contribution is 2.21. The van der Waals surface area contributed by atoms with Crippen LogP contribution in [0.3, 0.4) is 0 Å². The van der Waals surface area contributed by atoms with Crippen molar-refractivity contribution in [2.45, 2.75) is 26.7 Å². The number of anilines is 1. The third-order valence-electron chi connectivity index (χ3n) is 3.08. The molecule has 0 saturated heterocycles. The number of H-pyrrole nitrogens is 1. The van der Waals surface area contributed by atoms with Crippen molar-refractivity contribution in [3.63, 3.8) is 0 Å². The van der Waals surface area contributed by atoms with Crippen molar-refractivity contribution in [1.29, 1.82) is 0 Å². The second kappa shape index (κ2) is 5.24. The molecule has 3 rings (SSSR count). The van der Waals surface area contributed by atoms with Gasteiger partial charge < -0.3 is 4.98 Å². The normalized spacial score (nSPS) is 12.2. The number of benzene rings is 1. The zero-order valence-electron chi connectivity index (χ0n) is 11.5. The molecular weight excluding hydrogens is 252 g/mol. The van der Waals surface area contributed by atoms with Crippen LogP contribution in [0.4, 0.5) is 5.95 Å². The van der Waals surface area contributed by atoms with Gasteiger partial charge in [0.2, 0.25) is 0 Å². The Hall–Kier alpha value is -2.50. The number of hydrogen-bond donors (Lipinski definition) is 2. The molecule has 2 aromatic heterocycles. The number of fused-ring (bicyclic) bond motifs is 3. The molecule has 2 heterocycles. The van der Waals surface area contributed by atoms with Gasteiger partial charge in [-0.25, -0.2) is 5.43 Å². The van der Waals surface area contributed by atoms with Gasteiger partial charge in [-0.1, -0.05) is 31.5 Å². The maximum Gasteiger partial charge on any atom is 0.265 e. The summed E-state index contributed by atoms with van der Waals surface area (Å²) >= 11 is 0. The molecule has 0 spiro atoms. The second-order valence-corrected chi connectivity index (χ2v) is 4.71. The molecule has 6 nitrogen and oxygen atoms in total. The lowest BCUT2D eigenvalue weighted by Crippen LogP contribution is -2.02. The van der Waals surface area contributed by atoms with E-state index in [4.69, 9.17) is 0 Å². The van der Waals surface area contributed by atoms with Gasteiger partial charge in [0, 0.05) is 16.6 Å². The first kappa shape index (κ1) is 12.5. The predicted molar refractivity (Wildman–Crippen MR) is 80.8 cm³/mol. The Balaban J connectivity index is 1.95. The van der Waals surface area contributed by atoms with E-state index in [-0.39, 0.29) is 0 Å². The summed E-state index contributed by atoms with van der Waals surface area (Å²) in [7, 11) is 0. The molecule has 0 bridgehead atoms. The Bertz CT molecular complexity index is 774. The highest BCUT2D eigenvalue weighted by molar-refractivity contribution is 6.03. The molecule has 20 heavy (non-hydrogen) atoms. The SMILES string of the molecule is CCCC(C)=NNc1nnc2c(n1)[nH]c1ccccc12. The molecule has 0 aliphatic rings. The highest BCUT2D eigenvalue weighted by Gasteiger charge is 2.07. The molecule has 0 aliphatic carbocycles. The number of para-hydroxylation sites is 1. The zero-order valence-corrected chi connectivity index (χ0v) is 11.5. The van der Waals surface area contributed by atoms with Crippen LogP contribution in [0.15, 0.2) is 29.4 Å². The van der Waals surface area contributed by atoms with Crippen molar-refractivity contribution in [2.24, 2.45) is 5.10 Å². The first-order valence-electron chi connectivity index (χ1n) is 6.68. The van der Waals surface area contributed by atoms with Crippen LogP contribution in [0, 0.1) is 0 Å². The van der Waals surface area contributed by atoms with Crippen LogP contribution in [-0.2, 0) is 0 Å². The van der Waals surface area contributed by atoms with E-state index >= 15 is 0 Å². The summed E-state index contributed by atoms with van der Waals surface area (Å²) < 4.78 is 0. The average molecular weight is 268 g/mol. The number of nitrogens with one attached hydrogen (secondary N) is 2. The summed E-state index contributed by atoms with van der Waals surface area (Å²) in [6, 6.07) is 7.95. The Labute approximate surface area is 116 Å². The van der Waals surface area contributed by atoms with Gasteiger partial charge in [-0.15, -0.1) is 10.2 Å². The minimum absolute atomic E-state index is 0.402. The molecule has 0 amide bonds. The van der Waals surface area contributed by atoms with Crippen LogP contribution in [-0.4, -0.2) is 25.9 Å². The molecule has 0 atom stereocenters. The summed E-state index contributed by atoms with van der Waals surface area (Å²) in [5, 5.41) is 13.5. The van der Waals surface area contributed by atoms with Crippen LogP contribution in [0.5, 0.6) is 0 Å². The van der Waals surface area contributed by atoms with Crippen molar-refractivity contribution in [3.8, 4) is 0 Å². The number of rotatable bonds is 4. The quantitative estimate of drug-likeness (QED) is 0.563. The van der Waals surface area contributed by atoms with Gasteiger partial charge in [-0.2, -0.15) is 10.1 Å². The maximum absolute atomic E-state index is 4.40. The molecule has 6 heteroatoms. The minimum atomic E-state index is 0.402. The summed E-state index contributed by atoms with van der Waals surface area (Å²) in [6.45, 7) is 4.10. The molecular formula is C14H16N6. The predicted octanol–water partition coefficient (Wildman–Crippen LogP) is 3.09. The fraction of sp³-hybridized carbons (Fsp3) is 0.286. The van der Waals surface area contributed by atoms with E-state index in [0.29, 0.717) is 11.6 Å². The van der Waals surface area contributed by atoms with Gasteiger partial charge >= 0.3 is 0 Å². The van der Waals surface area contributed by atoms with E-state index in [1.165, 1.54) is 0 Å². The van der Waals surface area contributed by atoms with E-state index in [9.17, 15) is 0 Å². The number of hydrogen-bond acceptors (Lipinski definition) is 5. The lowest BCUT2D eigenvalue weighted by Gasteiger charge is -1.99. The minimum Gasteiger partial charge on any atom is -0.338 e. The third-order valence-corrected chi connectivity index (χ3v) is 3.08. The fourth-order valence-electron chi connectivity index (χ4n) is 2.13. The lowest BCUT2D eigenvalue weighted by atomic mass is 10.2. The summed E-state index contributed by atoms with van der Waals surface area (Å²) in [6.07, 6.45) is 2.02. The maximum atomic E-state index is 4.40. The van der Waals surface area contributed by atoms with Gasteiger partial charge in [0.1, 0.15) is 5.52 Å². The van der Waals surface area contributed by atoms with Gasteiger partial charge in [0.05, 0.1) is 0 Å². The van der Waals surface area contributed by atoms with E-state index in [0.717, 1.165) is 35.0 Å². The van der Waals surface area contributed by atoms with Crippen molar-refractivity contribution >= 4 is 33.7 Å². The largest absolute Gasteiger partial charge is 0.338 e. The zero-order chi connectivity index (χ0) is 13.9. The molecule has 0 unspecified atom stereocenters. The Morgan fingerprint density at radius 1 is 1.30 bits per heavy atom. The fourth-order valence-corrected chi connectivity index (χ4v) is 2.13. The molecule has 0 radical (unpaired) electrons. The first-order chi connectivity index (χ1) is 9.78. The van der Waals surface area contributed by atoms with Gasteiger partial charge in [0.15, 0.2) is 5.65 Å². The standard InChI is InChI=1S/C14H16N6/c1-3-6-9(2)17-19-14-16-13-12(18-20-14)10-7-4-5-8-11(10)15-13/h4-5,7-8H,3,6H2,1-2H3,(H2,15,16,19,20). The topological polar surface area (TPSA) is 78.8 Å². The van der Waals surface area contributed by atoms with Crippen LogP contribution in [0.2, 0.25) is 0 Å². The number of hydrazone groups is 1. The van der Waals surface area contributed by atoms with Crippen LogP contribution >= 0.6 is 0 Å². The molecule has 1 aromatic carbocycles. The second-order valence-electron chi connectivity index (χ2n) is 4.71. The smallest absolute Gasteiger partial charge is 0.265 e. The highest BCUT2D eigenvalue weighted by atomic mass is 15.4. The van der Waals surface area contributed by atoms with E-state index in [2.05, 4.69) is 37.6 Å². The number of aromatic amines is 1. The van der Waals surface area contributed by atoms with E-state index in [1.807, 2.05) is 31.2 Å². The Morgan fingerprint density at radius 3 is 3.00 bits per heavy atom. The van der Waals surface area contributed by atoms with Gasteiger partial charge in [-0.05, 0) is 19.4 Å². The molecule has 0 aliphatic heterocycles.